The van der Waals surface area contributed by atoms with Crippen molar-refractivity contribution in [1.82, 2.24) is 0 Å². The first-order valence-electron chi connectivity index (χ1n) is 7.42. The lowest BCUT2D eigenvalue weighted by Gasteiger charge is -2.17. The summed E-state index contributed by atoms with van der Waals surface area (Å²) in [7, 11) is 0. The van der Waals surface area contributed by atoms with Gasteiger partial charge in [-0.2, -0.15) is 0 Å². The monoisotopic (exact) mass is 312 g/mol. The summed E-state index contributed by atoms with van der Waals surface area (Å²) in [6.45, 7) is 3.96. The molecule has 5 heteroatoms. The maximum absolute atomic E-state index is 13.0. The number of nitrogens with one attached hydrogen (secondary N) is 1. The first-order chi connectivity index (χ1) is 11.0. The summed E-state index contributed by atoms with van der Waals surface area (Å²) in [4.78, 5) is 25.9. The van der Waals surface area contributed by atoms with E-state index in [2.05, 4.69) is 5.32 Å². The van der Waals surface area contributed by atoms with Gasteiger partial charge >= 0.3 is 0 Å². The highest BCUT2D eigenvalue weighted by Gasteiger charge is 2.39. The fraction of sp³-hybridized carbons (Fsp3) is 0.222. The standard InChI is InChI=1S/C18H17FN2O2/c1-11-4-3-5-15(12(11)2)20-16-10-17(22)21(18(16)23)14-8-6-13(19)7-9-14/h3-9,16,20H,10H2,1-2H3/t16-/m0/s1. The molecule has 1 heterocycles. The van der Waals surface area contributed by atoms with Crippen molar-refractivity contribution in [3.8, 4) is 0 Å². The molecule has 4 nitrogen and oxygen atoms in total. The number of carbonyl (C=O) groups is 2. The highest BCUT2D eigenvalue weighted by atomic mass is 19.1. The highest BCUT2D eigenvalue weighted by molar-refractivity contribution is 6.23. The third-order valence-corrected chi connectivity index (χ3v) is 4.17. The Hall–Kier alpha value is -2.69. The zero-order chi connectivity index (χ0) is 16.6. The summed E-state index contributed by atoms with van der Waals surface area (Å²) < 4.78 is 13.0. The summed E-state index contributed by atoms with van der Waals surface area (Å²) in [6.07, 6.45) is 0.0869. The maximum Gasteiger partial charge on any atom is 0.256 e. The Morgan fingerprint density at radius 3 is 2.48 bits per heavy atom. The number of anilines is 2. The summed E-state index contributed by atoms with van der Waals surface area (Å²) in [6, 6.07) is 10.5. The van der Waals surface area contributed by atoms with Crippen LogP contribution in [-0.2, 0) is 9.59 Å². The minimum absolute atomic E-state index is 0.0869. The van der Waals surface area contributed by atoms with E-state index < -0.39 is 11.9 Å². The Labute approximate surface area is 133 Å². The number of amides is 2. The van der Waals surface area contributed by atoms with Crippen molar-refractivity contribution in [2.45, 2.75) is 26.3 Å². The third-order valence-electron chi connectivity index (χ3n) is 4.17. The lowest BCUT2D eigenvalue weighted by molar-refractivity contribution is -0.121. The number of hydrogen-bond donors (Lipinski definition) is 1. The molecule has 118 valence electrons. The predicted molar refractivity (Wildman–Crippen MR) is 86.8 cm³/mol. The number of halogens is 1. The van der Waals surface area contributed by atoms with Crippen LogP contribution in [0, 0.1) is 19.7 Å². The van der Waals surface area contributed by atoms with Gasteiger partial charge in [0.25, 0.3) is 5.91 Å². The zero-order valence-corrected chi connectivity index (χ0v) is 13.0. The van der Waals surface area contributed by atoms with Crippen LogP contribution in [0.4, 0.5) is 15.8 Å². The first kappa shape index (κ1) is 15.2. The van der Waals surface area contributed by atoms with Crippen molar-refractivity contribution in [2.75, 3.05) is 10.2 Å². The van der Waals surface area contributed by atoms with E-state index >= 15 is 0 Å². The summed E-state index contributed by atoms with van der Waals surface area (Å²) in [5.41, 5.74) is 3.40. The van der Waals surface area contributed by atoms with Crippen LogP contribution in [0.15, 0.2) is 42.5 Å². The molecule has 0 unspecified atom stereocenters. The summed E-state index contributed by atoms with van der Waals surface area (Å²) >= 11 is 0. The molecule has 0 aromatic heterocycles. The van der Waals surface area contributed by atoms with Gasteiger partial charge in [0, 0.05) is 5.69 Å². The molecule has 0 spiro atoms. The molecular formula is C18H17FN2O2. The molecule has 1 aliphatic rings. The van der Waals surface area contributed by atoms with Crippen molar-refractivity contribution in [2.24, 2.45) is 0 Å². The van der Waals surface area contributed by atoms with E-state index in [1.54, 1.807) is 0 Å². The summed E-state index contributed by atoms with van der Waals surface area (Å²) in [5.74, 6) is -1.01. The van der Waals surface area contributed by atoms with E-state index in [0.29, 0.717) is 5.69 Å². The second-order valence-electron chi connectivity index (χ2n) is 5.69. The lowest BCUT2D eigenvalue weighted by Crippen LogP contribution is -2.34. The van der Waals surface area contributed by atoms with Crippen LogP contribution in [0.3, 0.4) is 0 Å². The van der Waals surface area contributed by atoms with Crippen LogP contribution >= 0.6 is 0 Å². The number of carbonyl (C=O) groups excluding carboxylic acids is 2. The van der Waals surface area contributed by atoms with Gasteiger partial charge in [0.15, 0.2) is 0 Å². The van der Waals surface area contributed by atoms with E-state index in [9.17, 15) is 14.0 Å². The van der Waals surface area contributed by atoms with Crippen molar-refractivity contribution in [3.63, 3.8) is 0 Å². The first-order valence-corrected chi connectivity index (χ1v) is 7.42. The van der Waals surface area contributed by atoms with Crippen LogP contribution < -0.4 is 10.2 Å². The van der Waals surface area contributed by atoms with Gasteiger partial charge in [-0.05, 0) is 55.3 Å². The normalized spacial score (nSPS) is 17.7. The van der Waals surface area contributed by atoms with Crippen LogP contribution in [0.2, 0.25) is 0 Å². The zero-order valence-electron chi connectivity index (χ0n) is 13.0. The Morgan fingerprint density at radius 1 is 1.09 bits per heavy atom. The van der Waals surface area contributed by atoms with Gasteiger partial charge in [-0.3, -0.25) is 9.59 Å². The van der Waals surface area contributed by atoms with Gasteiger partial charge in [-0.25, -0.2) is 9.29 Å². The van der Waals surface area contributed by atoms with Crippen molar-refractivity contribution >= 4 is 23.2 Å². The number of nitrogens with zero attached hydrogens (tertiary/aromatic N) is 1. The molecular weight excluding hydrogens is 295 g/mol. The predicted octanol–water partition coefficient (Wildman–Crippen LogP) is 3.19. The molecule has 0 radical (unpaired) electrons. The quantitative estimate of drug-likeness (QED) is 0.886. The second-order valence-corrected chi connectivity index (χ2v) is 5.69. The van der Waals surface area contributed by atoms with Gasteiger partial charge in [0.05, 0.1) is 12.1 Å². The molecule has 23 heavy (non-hydrogen) atoms. The van der Waals surface area contributed by atoms with Crippen LogP contribution in [0.25, 0.3) is 0 Å². The molecule has 0 bridgehead atoms. The summed E-state index contributed by atoms with van der Waals surface area (Å²) in [5, 5.41) is 3.16. The smallest absolute Gasteiger partial charge is 0.256 e. The molecule has 2 amide bonds. The Kier molecular flexibility index (Phi) is 3.86. The van der Waals surface area contributed by atoms with Gasteiger partial charge in [-0.1, -0.05) is 12.1 Å². The van der Waals surface area contributed by atoms with Crippen LogP contribution in [-0.4, -0.2) is 17.9 Å². The molecule has 3 rings (SSSR count). The van der Waals surface area contributed by atoms with E-state index in [-0.39, 0.29) is 18.2 Å². The third kappa shape index (κ3) is 2.82. The topological polar surface area (TPSA) is 49.4 Å². The molecule has 0 aliphatic carbocycles. The van der Waals surface area contributed by atoms with E-state index in [1.807, 2.05) is 32.0 Å². The van der Waals surface area contributed by atoms with E-state index in [1.165, 1.54) is 24.3 Å². The largest absolute Gasteiger partial charge is 0.373 e. The number of imide groups is 1. The fourth-order valence-corrected chi connectivity index (χ4v) is 2.70. The average molecular weight is 312 g/mol. The SMILES string of the molecule is Cc1cccc(N[C@H]2CC(=O)N(c3ccc(F)cc3)C2=O)c1C. The fourth-order valence-electron chi connectivity index (χ4n) is 2.70. The van der Waals surface area contributed by atoms with Gasteiger partial charge in [0.1, 0.15) is 11.9 Å². The van der Waals surface area contributed by atoms with Crippen LogP contribution in [0.5, 0.6) is 0 Å². The molecule has 1 N–H and O–H groups in total. The van der Waals surface area contributed by atoms with Crippen molar-refractivity contribution in [3.05, 3.63) is 59.4 Å². The Balaban J connectivity index is 1.84. The number of rotatable bonds is 3. The Bertz CT molecular complexity index is 771. The van der Waals surface area contributed by atoms with E-state index in [0.717, 1.165) is 21.7 Å². The van der Waals surface area contributed by atoms with Crippen molar-refractivity contribution < 1.29 is 14.0 Å². The molecule has 0 saturated carbocycles. The number of hydrogen-bond acceptors (Lipinski definition) is 3. The number of aryl methyl sites for hydroxylation is 1. The molecule has 1 saturated heterocycles. The Morgan fingerprint density at radius 2 is 1.78 bits per heavy atom. The van der Waals surface area contributed by atoms with Crippen LogP contribution in [0.1, 0.15) is 17.5 Å². The van der Waals surface area contributed by atoms with Crippen molar-refractivity contribution in [1.29, 1.82) is 0 Å². The molecule has 2 aromatic carbocycles. The van der Waals surface area contributed by atoms with Gasteiger partial charge in [0.2, 0.25) is 5.91 Å². The number of benzene rings is 2. The highest BCUT2D eigenvalue weighted by Crippen LogP contribution is 2.26. The molecule has 2 aromatic rings. The molecule has 1 aliphatic heterocycles. The molecule has 1 atom stereocenters. The second kappa shape index (κ2) is 5.83. The van der Waals surface area contributed by atoms with Gasteiger partial charge in [-0.15, -0.1) is 0 Å². The molecule has 1 fully saturated rings. The minimum Gasteiger partial charge on any atom is -0.373 e. The maximum atomic E-state index is 13.0. The lowest BCUT2D eigenvalue weighted by atomic mass is 10.1. The minimum atomic E-state index is -0.604. The van der Waals surface area contributed by atoms with Gasteiger partial charge < -0.3 is 5.32 Å². The van der Waals surface area contributed by atoms with E-state index in [4.69, 9.17) is 0 Å². The average Bonchev–Trinajstić information content (AvgIpc) is 2.79.